The summed E-state index contributed by atoms with van der Waals surface area (Å²) in [5, 5.41) is 4.18. The van der Waals surface area contributed by atoms with Crippen LogP contribution in [0.25, 0.3) is 0 Å². The third-order valence-electron chi connectivity index (χ3n) is 7.00. The highest BCUT2D eigenvalue weighted by molar-refractivity contribution is 7.89. The summed E-state index contributed by atoms with van der Waals surface area (Å²) in [6.45, 7) is 2.97. The number of aryl methyl sites for hydroxylation is 2. The third kappa shape index (κ3) is 5.50. The molecule has 0 aliphatic carbocycles. The van der Waals surface area contributed by atoms with Gasteiger partial charge in [-0.05, 0) is 44.5 Å². The number of nitrogens with zero attached hydrogens (tertiary/aromatic N) is 2. The van der Waals surface area contributed by atoms with Gasteiger partial charge >= 0.3 is 18.0 Å². The molecule has 218 valence electrons. The smallest absolute Gasteiger partial charge is 0.408 e. The van der Waals surface area contributed by atoms with Gasteiger partial charge in [-0.2, -0.15) is 13.2 Å². The van der Waals surface area contributed by atoms with E-state index in [4.69, 9.17) is 4.74 Å². The van der Waals surface area contributed by atoms with Crippen LogP contribution in [0.15, 0.2) is 29.3 Å². The van der Waals surface area contributed by atoms with E-state index in [1.807, 2.05) is 0 Å². The molecule has 1 aromatic heterocycles. The second-order valence-electron chi connectivity index (χ2n) is 10.2. The molecule has 2 aromatic rings. The number of fused-ring (bicyclic) bond motifs is 2. The van der Waals surface area contributed by atoms with Crippen LogP contribution in [-0.4, -0.2) is 73.1 Å². The lowest BCUT2D eigenvalue weighted by atomic mass is 9.91. The molecule has 0 saturated carbocycles. The number of nitrogens with one attached hydrogen (secondary N) is 3. The highest BCUT2D eigenvalue weighted by Gasteiger charge is 2.51. The van der Waals surface area contributed by atoms with Gasteiger partial charge in [-0.25, -0.2) is 17.5 Å². The lowest BCUT2D eigenvalue weighted by Gasteiger charge is -2.33. The number of hydrogen-bond donors (Lipinski definition) is 3. The Labute approximate surface area is 226 Å². The molecule has 4 rings (SSSR count). The van der Waals surface area contributed by atoms with E-state index in [0.29, 0.717) is 6.92 Å². The highest BCUT2D eigenvalue weighted by Crippen LogP contribution is 2.38. The first-order valence-corrected chi connectivity index (χ1v) is 13.5. The Hall–Kier alpha value is -3.66. The van der Waals surface area contributed by atoms with E-state index in [0.717, 1.165) is 4.90 Å². The number of carbonyl (C=O) groups is 3. The van der Waals surface area contributed by atoms with Crippen molar-refractivity contribution in [3.05, 3.63) is 41.5 Å². The topological polar surface area (TPSA) is 139 Å². The minimum Gasteiger partial charge on any atom is -0.489 e. The Balaban J connectivity index is 1.58. The molecule has 1 saturated heterocycles. The van der Waals surface area contributed by atoms with Crippen LogP contribution in [0.2, 0.25) is 0 Å². The van der Waals surface area contributed by atoms with Crippen LogP contribution in [0.4, 0.5) is 23.2 Å². The number of halogens is 4. The SMILES string of the molecule is Cc1cc(NC(=O)c2c3c(cn2C)S(=O)(=O)NC2(C)CN(C(=O)C(=O)N[C@H](C)C(F)(F)F)CC2CO3)ccc1F. The number of carbonyl (C=O) groups excluding carboxylic acids is 3. The summed E-state index contributed by atoms with van der Waals surface area (Å²) >= 11 is 0. The summed E-state index contributed by atoms with van der Waals surface area (Å²) in [4.78, 5) is 38.6. The van der Waals surface area contributed by atoms with Gasteiger partial charge in [0.15, 0.2) is 11.4 Å². The monoisotopic (exact) mass is 589 g/mol. The summed E-state index contributed by atoms with van der Waals surface area (Å²) in [6.07, 6.45) is -3.58. The number of alkyl halides is 3. The molecule has 1 aromatic carbocycles. The van der Waals surface area contributed by atoms with Gasteiger partial charge < -0.3 is 24.8 Å². The van der Waals surface area contributed by atoms with Crippen molar-refractivity contribution in [3.8, 4) is 5.75 Å². The van der Waals surface area contributed by atoms with E-state index in [-0.39, 0.29) is 47.3 Å². The van der Waals surface area contributed by atoms with Crippen molar-refractivity contribution in [2.45, 2.75) is 43.4 Å². The van der Waals surface area contributed by atoms with Gasteiger partial charge in [-0.3, -0.25) is 14.4 Å². The zero-order valence-corrected chi connectivity index (χ0v) is 22.7. The molecule has 3 atom stereocenters. The fourth-order valence-electron chi connectivity index (χ4n) is 4.68. The fourth-order valence-corrected chi connectivity index (χ4v) is 6.33. The number of ether oxygens (including phenoxy) is 1. The molecule has 3 N–H and O–H groups in total. The number of aromatic nitrogens is 1. The second kappa shape index (κ2) is 10.1. The van der Waals surface area contributed by atoms with Crippen LogP contribution < -0.4 is 20.1 Å². The molecular weight excluding hydrogens is 562 g/mol. The molecule has 2 aliphatic heterocycles. The Morgan fingerprint density at radius 2 is 1.93 bits per heavy atom. The van der Waals surface area contributed by atoms with E-state index in [1.54, 1.807) is 5.32 Å². The normalized spacial score (nSPS) is 22.7. The van der Waals surface area contributed by atoms with Crippen molar-refractivity contribution >= 4 is 33.4 Å². The average molecular weight is 590 g/mol. The summed E-state index contributed by atoms with van der Waals surface area (Å²) < 4.78 is 88.5. The maximum Gasteiger partial charge on any atom is 0.408 e. The number of likely N-dealkylation sites (tertiary alicyclic amines) is 1. The first-order valence-electron chi connectivity index (χ1n) is 12.0. The van der Waals surface area contributed by atoms with E-state index in [9.17, 15) is 40.4 Å². The minimum atomic E-state index is -4.76. The molecule has 0 spiro atoms. The molecular formula is C24H27F4N5O6S. The number of amides is 3. The maximum atomic E-state index is 13.6. The van der Waals surface area contributed by atoms with Gasteiger partial charge in [0.1, 0.15) is 16.8 Å². The van der Waals surface area contributed by atoms with Crippen molar-refractivity contribution in [2.75, 3.05) is 25.0 Å². The van der Waals surface area contributed by atoms with Crippen molar-refractivity contribution < 1.29 is 45.1 Å². The molecule has 0 radical (unpaired) electrons. The summed E-state index contributed by atoms with van der Waals surface area (Å²) in [7, 11) is -2.91. The van der Waals surface area contributed by atoms with E-state index in [1.165, 1.54) is 49.9 Å². The number of hydrogen-bond acceptors (Lipinski definition) is 6. The van der Waals surface area contributed by atoms with Crippen molar-refractivity contribution in [1.29, 1.82) is 0 Å². The largest absolute Gasteiger partial charge is 0.489 e. The van der Waals surface area contributed by atoms with Gasteiger partial charge in [0.25, 0.3) is 5.91 Å². The van der Waals surface area contributed by atoms with Crippen LogP contribution in [0.3, 0.4) is 0 Å². The van der Waals surface area contributed by atoms with Crippen LogP contribution in [0.1, 0.15) is 29.9 Å². The molecule has 1 fully saturated rings. The number of rotatable bonds is 3. The average Bonchev–Trinajstić information content (AvgIpc) is 3.34. The zero-order valence-electron chi connectivity index (χ0n) is 21.8. The molecule has 0 bridgehead atoms. The Morgan fingerprint density at radius 1 is 1.25 bits per heavy atom. The van der Waals surface area contributed by atoms with Crippen molar-refractivity contribution in [2.24, 2.45) is 13.0 Å². The second-order valence-corrected chi connectivity index (χ2v) is 11.8. The lowest BCUT2D eigenvalue weighted by molar-refractivity contribution is -0.162. The zero-order chi connectivity index (χ0) is 29.8. The fraction of sp³-hybridized carbons (Fsp3) is 0.458. The van der Waals surface area contributed by atoms with Crippen LogP contribution in [0, 0.1) is 18.7 Å². The molecule has 3 heterocycles. The van der Waals surface area contributed by atoms with Gasteiger partial charge in [0, 0.05) is 37.9 Å². The van der Waals surface area contributed by atoms with Gasteiger partial charge in [-0.1, -0.05) is 0 Å². The van der Waals surface area contributed by atoms with Gasteiger partial charge in [0.05, 0.1) is 12.1 Å². The Kier molecular flexibility index (Phi) is 7.38. The predicted molar refractivity (Wildman–Crippen MR) is 132 cm³/mol. The molecule has 16 heteroatoms. The highest BCUT2D eigenvalue weighted by atomic mass is 32.2. The minimum absolute atomic E-state index is 0.141. The number of anilines is 1. The van der Waals surface area contributed by atoms with Crippen LogP contribution in [0.5, 0.6) is 5.75 Å². The standard InChI is InChI=1S/C24H27F4N5O6S/c1-12-7-15(5-6-16(12)25)30-20(34)18-19-17(9-32(18)4)40(37,38)31-23(3)11-33(8-14(23)10-39-19)22(36)21(35)29-13(2)24(26,27)28/h5-7,9,13-14,31H,8,10-11H2,1-4H3,(H,29,35)(H,30,34)/t13-,14?,23?/m1/s1. The first kappa shape index (κ1) is 29.3. The summed E-state index contributed by atoms with van der Waals surface area (Å²) in [6, 6.07) is 1.65. The van der Waals surface area contributed by atoms with Crippen LogP contribution in [-0.2, 0) is 26.7 Å². The van der Waals surface area contributed by atoms with E-state index in [2.05, 4.69) is 10.0 Å². The molecule has 40 heavy (non-hydrogen) atoms. The number of benzene rings is 1. The van der Waals surface area contributed by atoms with E-state index >= 15 is 0 Å². The number of sulfonamides is 1. The quantitative estimate of drug-likeness (QED) is 0.368. The Bertz CT molecular complexity index is 1490. The summed E-state index contributed by atoms with van der Waals surface area (Å²) in [5.41, 5.74) is -0.936. The molecule has 3 amide bonds. The van der Waals surface area contributed by atoms with Gasteiger partial charge in [-0.15, -0.1) is 0 Å². The molecule has 11 nitrogen and oxygen atoms in total. The molecule has 2 unspecified atom stereocenters. The molecule has 2 aliphatic rings. The van der Waals surface area contributed by atoms with Gasteiger partial charge in [0.2, 0.25) is 10.0 Å². The Morgan fingerprint density at radius 3 is 2.55 bits per heavy atom. The van der Waals surface area contributed by atoms with E-state index < -0.39 is 57.2 Å². The third-order valence-corrected chi connectivity index (χ3v) is 8.61. The predicted octanol–water partition coefficient (Wildman–Crippen LogP) is 1.68. The maximum absolute atomic E-state index is 13.6. The van der Waals surface area contributed by atoms with Crippen LogP contribution >= 0.6 is 0 Å². The lowest BCUT2D eigenvalue weighted by Crippen LogP contribution is -2.55. The van der Waals surface area contributed by atoms with Crippen molar-refractivity contribution in [3.63, 3.8) is 0 Å². The summed E-state index contributed by atoms with van der Waals surface area (Å²) in [5.74, 6) is -4.92. The first-order chi connectivity index (χ1) is 18.4. The van der Waals surface area contributed by atoms with Crippen molar-refractivity contribution in [1.82, 2.24) is 19.5 Å².